The molecule has 0 amide bonds. The lowest BCUT2D eigenvalue weighted by atomic mass is 10.0. The van der Waals surface area contributed by atoms with E-state index in [1.165, 1.54) is 0 Å². The second kappa shape index (κ2) is 5.00. The van der Waals surface area contributed by atoms with E-state index >= 15 is 0 Å². The van der Waals surface area contributed by atoms with Gasteiger partial charge in [0.25, 0.3) is 5.69 Å². The van der Waals surface area contributed by atoms with Gasteiger partial charge in [0.05, 0.1) is 4.92 Å². The molecule has 0 atom stereocenters. The fraction of sp³-hybridized carbons (Fsp3) is 0.400. The summed E-state index contributed by atoms with van der Waals surface area (Å²) >= 11 is 4.12. The lowest BCUT2D eigenvalue weighted by Crippen LogP contribution is -1.94. The minimum Gasteiger partial charge on any atom is -0.258 e. The molecule has 3 nitrogen and oxygen atoms in total. The van der Waals surface area contributed by atoms with Crippen LogP contribution >= 0.6 is 12.6 Å². The summed E-state index contributed by atoms with van der Waals surface area (Å²) in [5.74, 6) is 0.808. The highest BCUT2D eigenvalue weighted by molar-refractivity contribution is 7.80. The van der Waals surface area contributed by atoms with Crippen molar-refractivity contribution in [1.29, 1.82) is 0 Å². The summed E-state index contributed by atoms with van der Waals surface area (Å²) in [7, 11) is 0. The zero-order valence-electron chi connectivity index (χ0n) is 8.06. The molecule has 0 spiro atoms. The Kier molecular flexibility index (Phi) is 3.95. The van der Waals surface area contributed by atoms with Crippen molar-refractivity contribution in [2.45, 2.75) is 19.8 Å². The maximum atomic E-state index is 10.5. The van der Waals surface area contributed by atoms with Gasteiger partial charge in [-0.15, -0.1) is 0 Å². The highest BCUT2D eigenvalue weighted by atomic mass is 32.1. The lowest BCUT2D eigenvalue weighted by Gasteiger charge is -2.03. The Labute approximate surface area is 88.7 Å². The maximum absolute atomic E-state index is 10.5. The van der Waals surface area contributed by atoms with Crippen molar-refractivity contribution in [2.24, 2.45) is 0 Å². The average Bonchev–Trinajstić information content (AvgIpc) is 2.16. The molecule has 0 radical (unpaired) electrons. The first-order valence-electron chi connectivity index (χ1n) is 4.50. The summed E-state index contributed by atoms with van der Waals surface area (Å²) < 4.78 is 0. The number of nitro benzene ring substituents is 1. The summed E-state index contributed by atoms with van der Waals surface area (Å²) in [5.41, 5.74) is 2.33. The molecule has 1 aromatic carbocycles. The lowest BCUT2D eigenvalue weighted by molar-refractivity contribution is -0.384. The Bertz CT molecular complexity index is 339. The maximum Gasteiger partial charge on any atom is 0.269 e. The number of nitrogens with zero attached hydrogens (tertiary/aromatic N) is 1. The van der Waals surface area contributed by atoms with Crippen LogP contribution in [-0.4, -0.2) is 10.7 Å². The van der Waals surface area contributed by atoms with E-state index < -0.39 is 0 Å². The van der Waals surface area contributed by atoms with Crippen molar-refractivity contribution < 1.29 is 4.92 Å². The summed E-state index contributed by atoms with van der Waals surface area (Å²) in [6, 6.07) is 4.99. The molecule has 1 rings (SSSR count). The molecule has 1 aromatic rings. The molecule has 76 valence electrons. The zero-order chi connectivity index (χ0) is 10.6. The minimum absolute atomic E-state index is 0.171. The van der Waals surface area contributed by atoms with Gasteiger partial charge in [-0.25, -0.2) is 0 Å². The van der Waals surface area contributed by atoms with Gasteiger partial charge >= 0.3 is 0 Å². The molecule has 0 aliphatic carbocycles. The van der Waals surface area contributed by atoms with Crippen LogP contribution in [0.1, 0.15) is 17.5 Å². The third kappa shape index (κ3) is 2.73. The molecule has 0 aliphatic heterocycles. The monoisotopic (exact) mass is 211 g/mol. The van der Waals surface area contributed by atoms with Gasteiger partial charge in [-0.2, -0.15) is 12.6 Å². The van der Waals surface area contributed by atoms with E-state index in [2.05, 4.69) is 12.6 Å². The van der Waals surface area contributed by atoms with Gasteiger partial charge in [0.1, 0.15) is 0 Å². The topological polar surface area (TPSA) is 43.1 Å². The first-order valence-corrected chi connectivity index (χ1v) is 5.13. The van der Waals surface area contributed by atoms with Gasteiger partial charge in [-0.3, -0.25) is 10.1 Å². The van der Waals surface area contributed by atoms with Gasteiger partial charge in [-0.1, -0.05) is 6.07 Å². The largest absolute Gasteiger partial charge is 0.269 e. The van der Waals surface area contributed by atoms with Crippen LogP contribution in [0.5, 0.6) is 0 Å². The summed E-state index contributed by atoms with van der Waals surface area (Å²) in [5, 5.41) is 10.5. The molecule has 0 fully saturated rings. The van der Waals surface area contributed by atoms with E-state index in [9.17, 15) is 10.1 Å². The second-order valence-electron chi connectivity index (χ2n) is 3.20. The molecule has 0 unspecified atom stereocenters. The Morgan fingerprint density at radius 1 is 1.50 bits per heavy atom. The van der Waals surface area contributed by atoms with Crippen molar-refractivity contribution in [2.75, 3.05) is 5.75 Å². The third-order valence-electron chi connectivity index (χ3n) is 2.15. The normalized spacial score (nSPS) is 10.1. The Morgan fingerprint density at radius 3 is 2.79 bits per heavy atom. The highest BCUT2D eigenvalue weighted by Crippen LogP contribution is 2.18. The smallest absolute Gasteiger partial charge is 0.258 e. The first kappa shape index (κ1) is 11.0. The van der Waals surface area contributed by atoms with Crippen molar-refractivity contribution >= 4 is 18.3 Å². The number of thiol groups is 1. The van der Waals surface area contributed by atoms with Crippen LogP contribution < -0.4 is 0 Å². The molecule has 0 aliphatic rings. The van der Waals surface area contributed by atoms with Crippen LogP contribution in [0.25, 0.3) is 0 Å². The fourth-order valence-corrected chi connectivity index (χ4v) is 1.47. The van der Waals surface area contributed by atoms with Crippen LogP contribution in [0.2, 0.25) is 0 Å². The number of aryl methyl sites for hydroxylation is 2. The van der Waals surface area contributed by atoms with E-state index in [4.69, 9.17) is 0 Å². The highest BCUT2D eigenvalue weighted by Gasteiger charge is 2.07. The first-order chi connectivity index (χ1) is 6.65. The number of non-ortho nitro benzene ring substituents is 1. The molecule has 14 heavy (non-hydrogen) atoms. The van der Waals surface area contributed by atoms with Crippen molar-refractivity contribution in [3.63, 3.8) is 0 Å². The van der Waals surface area contributed by atoms with Gasteiger partial charge in [0.15, 0.2) is 0 Å². The SMILES string of the molecule is Cc1ccc([N+](=O)[O-])cc1CCCS. The number of hydrogen-bond acceptors (Lipinski definition) is 3. The second-order valence-corrected chi connectivity index (χ2v) is 3.64. The minimum atomic E-state index is -0.358. The predicted octanol–water partition coefficient (Wildman–Crippen LogP) is 2.77. The summed E-state index contributed by atoms with van der Waals surface area (Å²) in [6.07, 6.45) is 1.81. The average molecular weight is 211 g/mol. The van der Waals surface area contributed by atoms with Gasteiger partial charge in [-0.05, 0) is 36.6 Å². The van der Waals surface area contributed by atoms with Crippen LogP contribution in [0.4, 0.5) is 5.69 Å². The summed E-state index contributed by atoms with van der Waals surface area (Å²) in [4.78, 5) is 10.2. The molecule has 0 saturated heterocycles. The van der Waals surface area contributed by atoms with Crippen molar-refractivity contribution in [3.8, 4) is 0 Å². The van der Waals surface area contributed by atoms with Crippen LogP contribution in [0.3, 0.4) is 0 Å². The Hall–Kier alpha value is -1.03. The van der Waals surface area contributed by atoms with Crippen LogP contribution in [0, 0.1) is 17.0 Å². The molecule has 0 heterocycles. The van der Waals surface area contributed by atoms with Gasteiger partial charge < -0.3 is 0 Å². The molecule has 0 aromatic heterocycles. The fourth-order valence-electron chi connectivity index (χ4n) is 1.31. The van der Waals surface area contributed by atoms with Crippen LogP contribution in [-0.2, 0) is 6.42 Å². The number of nitro groups is 1. The zero-order valence-corrected chi connectivity index (χ0v) is 8.96. The molecule has 0 N–H and O–H groups in total. The number of rotatable bonds is 4. The van der Waals surface area contributed by atoms with Gasteiger partial charge in [0, 0.05) is 12.1 Å². The molecular formula is C10H13NO2S. The van der Waals surface area contributed by atoms with E-state index in [-0.39, 0.29) is 10.6 Å². The van der Waals surface area contributed by atoms with Crippen molar-refractivity contribution in [3.05, 3.63) is 39.4 Å². The van der Waals surface area contributed by atoms with Crippen molar-refractivity contribution in [1.82, 2.24) is 0 Å². The Balaban J connectivity index is 2.90. The quantitative estimate of drug-likeness (QED) is 0.473. The summed E-state index contributed by atoms with van der Waals surface area (Å²) in [6.45, 7) is 1.97. The third-order valence-corrected chi connectivity index (χ3v) is 2.46. The molecule has 0 bridgehead atoms. The van der Waals surface area contributed by atoms with E-state index in [1.807, 2.05) is 6.92 Å². The standard InChI is InChI=1S/C10H13NO2S/c1-8-4-5-10(11(12)13)7-9(8)3-2-6-14/h4-5,7,14H,2-3,6H2,1H3. The number of benzene rings is 1. The predicted molar refractivity (Wildman–Crippen MR) is 60.0 cm³/mol. The van der Waals surface area contributed by atoms with Crippen LogP contribution in [0.15, 0.2) is 18.2 Å². The van der Waals surface area contributed by atoms with Gasteiger partial charge in [0.2, 0.25) is 0 Å². The molecule has 0 saturated carbocycles. The van der Waals surface area contributed by atoms with E-state index in [0.29, 0.717) is 0 Å². The molecule has 4 heteroatoms. The number of hydrogen-bond donors (Lipinski definition) is 1. The van der Waals surface area contributed by atoms with E-state index in [1.54, 1.807) is 18.2 Å². The molecular weight excluding hydrogens is 198 g/mol. The Morgan fingerprint density at radius 2 is 2.21 bits per heavy atom. The van der Waals surface area contributed by atoms with E-state index in [0.717, 1.165) is 29.7 Å².